The Bertz CT molecular complexity index is 948. The topological polar surface area (TPSA) is 85.1 Å². The summed E-state index contributed by atoms with van der Waals surface area (Å²) in [5.41, 5.74) is 2.69. The molecule has 0 aliphatic carbocycles. The van der Waals surface area contributed by atoms with E-state index in [1.54, 1.807) is 6.07 Å². The third-order valence-corrected chi connectivity index (χ3v) is 4.57. The number of nitro benzene ring substituents is 1. The molecule has 7 heteroatoms. The van der Waals surface area contributed by atoms with Crippen molar-refractivity contribution in [3.05, 3.63) is 74.6 Å². The molecule has 0 spiro atoms. The lowest BCUT2D eigenvalue weighted by molar-refractivity contribution is -0.385. The van der Waals surface area contributed by atoms with E-state index in [4.69, 9.17) is 0 Å². The Kier molecular flexibility index (Phi) is 4.58. The minimum absolute atomic E-state index is 0.0113. The maximum absolute atomic E-state index is 12.4. The largest absolute Gasteiger partial charge is 0.298 e. The maximum atomic E-state index is 12.4. The van der Waals surface area contributed by atoms with Crippen LogP contribution < -0.4 is 5.32 Å². The summed E-state index contributed by atoms with van der Waals surface area (Å²) in [6.07, 6.45) is 0. The average molecular weight is 353 g/mol. The lowest BCUT2D eigenvalue weighted by Gasteiger charge is -2.02. The summed E-state index contributed by atoms with van der Waals surface area (Å²) in [5.74, 6) is -0.545. The first-order valence-corrected chi connectivity index (χ1v) is 8.36. The Balaban J connectivity index is 1.87. The Morgan fingerprint density at radius 3 is 2.48 bits per heavy atom. The first kappa shape index (κ1) is 16.8. The fraction of sp³-hybridized carbons (Fsp3) is 0.111. The van der Waals surface area contributed by atoms with Crippen LogP contribution in [0.25, 0.3) is 11.3 Å². The molecule has 1 heterocycles. The molecule has 1 aromatic heterocycles. The molecule has 25 heavy (non-hydrogen) atoms. The predicted molar refractivity (Wildman–Crippen MR) is 98.1 cm³/mol. The van der Waals surface area contributed by atoms with Gasteiger partial charge >= 0.3 is 0 Å². The van der Waals surface area contributed by atoms with Crippen molar-refractivity contribution < 1.29 is 9.72 Å². The molecule has 0 saturated carbocycles. The van der Waals surface area contributed by atoms with Crippen LogP contribution in [0.1, 0.15) is 20.8 Å². The second kappa shape index (κ2) is 6.82. The van der Waals surface area contributed by atoms with E-state index in [1.165, 1.54) is 29.5 Å². The van der Waals surface area contributed by atoms with Crippen LogP contribution in [0.5, 0.6) is 0 Å². The van der Waals surface area contributed by atoms with E-state index in [9.17, 15) is 14.9 Å². The van der Waals surface area contributed by atoms with Gasteiger partial charge < -0.3 is 0 Å². The van der Waals surface area contributed by atoms with Gasteiger partial charge in [-0.1, -0.05) is 42.0 Å². The molecule has 0 aliphatic heterocycles. The van der Waals surface area contributed by atoms with Gasteiger partial charge in [-0.15, -0.1) is 11.3 Å². The summed E-state index contributed by atoms with van der Waals surface area (Å²) in [6, 6.07) is 13.8. The number of nitro groups is 1. The van der Waals surface area contributed by atoms with Gasteiger partial charge in [0.1, 0.15) is 5.56 Å². The number of nitrogens with zero attached hydrogens (tertiary/aromatic N) is 2. The summed E-state index contributed by atoms with van der Waals surface area (Å²) in [6.45, 7) is 3.93. The van der Waals surface area contributed by atoms with E-state index >= 15 is 0 Å². The molecular formula is C18H15N3O3S. The molecule has 0 unspecified atom stereocenters. The van der Waals surface area contributed by atoms with Gasteiger partial charge in [-0.05, 0) is 19.9 Å². The minimum atomic E-state index is -0.570. The highest BCUT2D eigenvalue weighted by Crippen LogP contribution is 2.31. The maximum Gasteiger partial charge on any atom is 0.282 e. The summed E-state index contributed by atoms with van der Waals surface area (Å²) < 4.78 is 0. The standard InChI is InChI=1S/C18H15N3O3S/c1-11-7-9-13(10-8-11)16-12(2)25-18(19-16)20-17(22)14-5-3-4-6-15(14)21(23)24/h3-10H,1-2H3,(H,19,20,22). The highest BCUT2D eigenvalue weighted by molar-refractivity contribution is 7.16. The number of carbonyl (C=O) groups excluding carboxylic acids is 1. The highest BCUT2D eigenvalue weighted by atomic mass is 32.1. The van der Waals surface area contributed by atoms with Gasteiger partial charge in [0.15, 0.2) is 5.13 Å². The van der Waals surface area contributed by atoms with Gasteiger partial charge in [-0.25, -0.2) is 4.98 Å². The third-order valence-electron chi connectivity index (χ3n) is 3.69. The molecule has 3 rings (SSSR count). The average Bonchev–Trinajstić information content (AvgIpc) is 2.95. The van der Waals surface area contributed by atoms with E-state index in [-0.39, 0.29) is 11.3 Å². The number of hydrogen-bond acceptors (Lipinski definition) is 5. The molecular weight excluding hydrogens is 338 g/mol. The number of thiazole rings is 1. The second-order valence-corrected chi connectivity index (χ2v) is 6.72. The van der Waals surface area contributed by atoms with Gasteiger partial charge in [-0.3, -0.25) is 20.2 Å². The van der Waals surface area contributed by atoms with Crippen molar-refractivity contribution in [1.82, 2.24) is 4.98 Å². The molecule has 0 aliphatic rings. The predicted octanol–water partition coefficient (Wildman–Crippen LogP) is 4.59. The molecule has 6 nitrogen and oxygen atoms in total. The molecule has 0 fully saturated rings. The van der Waals surface area contributed by atoms with Gasteiger partial charge in [0.25, 0.3) is 11.6 Å². The van der Waals surface area contributed by atoms with Crippen molar-refractivity contribution in [1.29, 1.82) is 0 Å². The number of benzene rings is 2. The zero-order valence-corrected chi connectivity index (χ0v) is 14.5. The number of nitrogens with one attached hydrogen (secondary N) is 1. The third kappa shape index (κ3) is 3.56. The molecule has 126 valence electrons. The molecule has 1 amide bonds. The molecule has 0 atom stereocenters. The Morgan fingerprint density at radius 1 is 1.12 bits per heavy atom. The number of aromatic nitrogens is 1. The van der Waals surface area contributed by atoms with Crippen LogP contribution in [0.2, 0.25) is 0 Å². The number of aryl methyl sites for hydroxylation is 2. The number of anilines is 1. The number of amides is 1. The fourth-order valence-electron chi connectivity index (χ4n) is 2.42. The first-order chi connectivity index (χ1) is 12.0. The monoisotopic (exact) mass is 353 g/mol. The molecule has 3 aromatic rings. The van der Waals surface area contributed by atoms with Crippen LogP contribution in [-0.4, -0.2) is 15.8 Å². The lowest BCUT2D eigenvalue weighted by Crippen LogP contribution is -2.13. The van der Waals surface area contributed by atoms with Crippen LogP contribution in [0.4, 0.5) is 10.8 Å². The molecule has 0 saturated heterocycles. The fourth-order valence-corrected chi connectivity index (χ4v) is 3.25. The molecule has 2 aromatic carbocycles. The SMILES string of the molecule is Cc1ccc(-c2nc(NC(=O)c3ccccc3[N+](=O)[O-])sc2C)cc1. The van der Waals surface area contributed by atoms with Crippen molar-refractivity contribution >= 4 is 28.1 Å². The van der Waals surface area contributed by atoms with E-state index in [1.807, 2.05) is 38.1 Å². The Labute approximate surface area is 148 Å². The van der Waals surface area contributed by atoms with Gasteiger partial charge in [0.05, 0.1) is 10.6 Å². The zero-order valence-electron chi connectivity index (χ0n) is 13.6. The summed E-state index contributed by atoms with van der Waals surface area (Å²) in [4.78, 5) is 28.3. The number of rotatable bonds is 4. The Hall–Kier alpha value is -3.06. The lowest BCUT2D eigenvalue weighted by atomic mass is 10.1. The normalized spacial score (nSPS) is 10.5. The van der Waals surface area contributed by atoms with E-state index < -0.39 is 10.8 Å². The van der Waals surface area contributed by atoms with Crippen molar-refractivity contribution in [3.8, 4) is 11.3 Å². The van der Waals surface area contributed by atoms with E-state index in [0.29, 0.717) is 5.13 Å². The van der Waals surface area contributed by atoms with Crippen LogP contribution in [-0.2, 0) is 0 Å². The first-order valence-electron chi connectivity index (χ1n) is 7.55. The molecule has 0 bridgehead atoms. The Morgan fingerprint density at radius 2 is 1.80 bits per heavy atom. The summed E-state index contributed by atoms with van der Waals surface area (Å²) >= 11 is 1.34. The van der Waals surface area contributed by atoms with Crippen LogP contribution >= 0.6 is 11.3 Å². The van der Waals surface area contributed by atoms with Crippen molar-refractivity contribution in [2.45, 2.75) is 13.8 Å². The molecule has 1 N–H and O–H groups in total. The second-order valence-electron chi connectivity index (χ2n) is 5.52. The van der Waals surface area contributed by atoms with Crippen molar-refractivity contribution in [2.24, 2.45) is 0 Å². The van der Waals surface area contributed by atoms with Crippen LogP contribution in [0, 0.1) is 24.0 Å². The van der Waals surface area contributed by atoms with Crippen molar-refractivity contribution in [3.63, 3.8) is 0 Å². The summed E-state index contributed by atoms with van der Waals surface area (Å²) in [7, 11) is 0. The number of carbonyl (C=O) groups is 1. The summed E-state index contributed by atoms with van der Waals surface area (Å²) in [5, 5.41) is 14.1. The smallest absolute Gasteiger partial charge is 0.282 e. The van der Waals surface area contributed by atoms with Crippen LogP contribution in [0.15, 0.2) is 48.5 Å². The molecule has 0 radical (unpaired) electrons. The quantitative estimate of drug-likeness (QED) is 0.549. The number of para-hydroxylation sites is 1. The van der Waals surface area contributed by atoms with Gasteiger partial charge in [-0.2, -0.15) is 0 Å². The van der Waals surface area contributed by atoms with Crippen molar-refractivity contribution in [2.75, 3.05) is 5.32 Å². The number of hydrogen-bond donors (Lipinski definition) is 1. The minimum Gasteiger partial charge on any atom is -0.298 e. The van der Waals surface area contributed by atoms with E-state index in [2.05, 4.69) is 10.3 Å². The van der Waals surface area contributed by atoms with E-state index in [0.717, 1.165) is 21.7 Å². The highest BCUT2D eigenvalue weighted by Gasteiger charge is 2.20. The zero-order chi connectivity index (χ0) is 18.0. The van der Waals surface area contributed by atoms with Crippen LogP contribution in [0.3, 0.4) is 0 Å². The van der Waals surface area contributed by atoms with Gasteiger partial charge in [0, 0.05) is 16.5 Å². The van der Waals surface area contributed by atoms with Gasteiger partial charge in [0.2, 0.25) is 0 Å².